The monoisotopic (exact) mass is 281 g/mol. The maximum absolute atomic E-state index is 9.78. The molecule has 8 heavy (non-hydrogen) atoms. The van der Waals surface area contributed by atoms with Gasteiger partial charge in [-0.05, 0) is 12.8 Å². The maximum Gasteiger partial charge on any atom is 0.145 e. The standard InChI is InChI=1S/C5H7NO.W/c7-4-5-2-1-3-6-5;/h6H,1-3H2;. The Balaban J connectivity index is 0.000000490. The number of allylic oxidation sites excluding steroid dienone is 1. The van der Waals surface area contributed by atoms with Crippen molar-refractivity contribution in [3.8, 4) is 0 Å². The topological polar surface area (TPSA) is 29.1 Å². The minimum Gasteiger partial charge on any atom is -0.379 e. The fourth-order valence-corrected chi connectivity index (χ4v) is 0.680. The van der Waals surface area contributed by atoms with Gasteiger partial charge in [-0.3, -0.25) is 0 Å². The third-order valence-electron chi connectivity index (χ3n) is 1.07. The maximum atomic E-state index is 9.78. The van der Waals surface area contributed by atoms with Crippen molar-refractivity contribution in [2.24, 2.45) is 0 Å². The molecule has 0 aromatic heterocycles. The Morgan fingerprint density at radius 3 is 2.62 bits per heavy atom. The molecule has 0 aromatic rings. The van der Waals surface area contributed by atoms with E-state index in [-0.39, 0.29) is 21.1 Å². The van der Waals surface area contributed by atoms with Crippen LogP contribution < -0.4 is 5.32 Å². The van der Waals surface area contributed by atoms with E-state index in [1.54, 1.807) is 0 Å². The zero-order valence-electron chi connectivity index (χ0n) is 4.44. The summed E-state index contributed by atoms with van der Waals surface area (Å²) in [5, 5.41) is 2.90. The molecule has 0 saturated carbocycles. The molecule has 1 heterocycles. The average molecular weight is 281 g/mol. The van der Waals surface area contributed by atoms with Gasteiger partial charge in [0, 0.05) is 27.6 Å². The first-order valence-electron chi connectivity index (χ1n) is 2.41. The molecular weight excluding hydrogens is 274 g/mol. The van der Waals surface area contributed by atoms with Crippen molar-refractivity contribution in [2.75, 3.05) is 6.54 Å². The van der Waals surface area contributed by atoms with Crippen LogP contribution in [0.25, 0.3) is 0 Å². The van der Waals surface area contributed by atoms with E-state index in [9.17, 15) is 4.79 Å². The van der Waals surface area contributed by atoms with Crippen LogP contribution in [0.2, 0.25) is 0 Å². The van der Waals surface area contributed by atoms with E-state index < -0.39 is 0 Å². The van der Waals surface area contributed by atoms with Crippen molar-refractivity contribution in [1.82, 2.24) is 5.32 Å². The number of hydrogen-bond acceptors (Lipinski definition) is 2. The van der Waals surface area contributed by atoms with Crippen LogP contribution in [0, 0.1) is 0 Å². The van der Waals surface area contributed by atoms with Gasteiger partial charge in [0.2, 0.25) is 0 Å². The Hall–Kier alpha value is -0.0617. The molecule has 0 radical (unpaired) electrons. The van der Waals surface area contributed by atoms with Gasteiger partial charge in [-0.25, -0.2) is 4.79 Å². The number of carbonyl (C=O) groups excluding carboxylic acids is 1. The van der Waals surface area contributed by atoms with E-state index in [0.717, 1.165) is 25.1 Å². The van der Waals surface area contributed by atoms with Crippen molar-refractivity contribution in [1.29, 1.82) is 0 Å². The van der Waals surface area contributed by atoms with E-state index in [1.807, 2.05) is 5.94 Å². The van der Waals surface area contributed by atoms with Crippen molar-refractivity contribution in [2.45, 2.75) is 12.8 Å². The molecule has 0 aliphatic carbocycles. The van der Waals surface area contributed by atoms with Crippen molar-refractivity contribution in [3.05, 3.63) is 5.70 Å². The summed E-state index contributed by atoms with van der Waals surface area (Å²) in [6.07, 6.45) is 1.98. The molecular formula is C5H7NOW. The summed E-state index contributed by atoms with van der Waals surface area (Å²) in [5.74, 6) is 1.82. The number of nitrogens with one attached hydrogen (secondary N) is 1. The Morgan fingerprint density at radius 2 is 2.38 bits per heavy atom. The molecule has 1 rings (SSSR count). The van der Waals surface area contributed by atoms with Crippen LogP contribution >= 0.6 is 0 Å². The minimum absolute atomic E-state index is 0. The minimum atomic E-state index is 0. The predicted octanol–water partition coefficient (Wildman–Crippen LogP) is 0.0828. The molecule has 0 amide bonds. The van der Waals surface area contributed by atoms with Crippen molar-refractivity contribution < 1.29 is 25.9 Å². The Bertz CT molecular complexity index is 110. The quantitative estimate of drug-likeness (QED) is 0.637. The van der Waals surface area contributed by atoms with Crippen LogP contribution in [0.15, 0.2) is 5.70 Å². The molecule has 0 aromatic carbocycles. The van der Waals surface area contributed by atoms with E-state index in [0.29, 0.717) is 0 Å². The molecule has 1 N–H and O–H groups in total. The van der Waals surface area contributed by atoms with Gasteiger partial charge in [-0.2, -0.15) is 0 Å². The van der Waals surface area contributed by atoms with E-state index in [2.05, 4.69) is 5.32 Å². The normalized spacial score (nSPS) is 16.2. The predicted molar refractivity (Wildman–Crippen MR) is 26.4 cm³/mol. The first kappa shape index (κ1) is 7.94. The largest absolute Gasteiger partial charge is 0.379 e. The molecule has 3 heteroatoms. The van der Waals surface area contributed by atoms with Crippen LogP contribution in [0.5, 0.6) is 0 Å². The van der Waals surface area contributed by atoms with Crippen LogP contribution in [-0.2, 0) is 25.9 Å². The number of hydrogen-bond donors (Lipinski definition) is 1. The molecule has 44 valence electrons. The van der Waals surface area contributed by atoms with Crippen molar-refractivity contribution in [3.63, 3.8) is 0 Å². The van der Waals surface area contributed by atoms with Crippen LogP contribution in [0.3, 0.4) is 0 Å². The molecule has 1 aliphatic rings. The van der Waals surface area contributed by atoms with Crippen LogP contribution in [0.1, 0.15) is 12.8 Å². The fourth-order valence-electron chi connectivity index (χ4n) is 0.680. The zero-order chi connectivity index (χ0) is 5.11. The second-order valence-corrected chi connectivity index (χ2v) is 1.61. The van der Waals surface area contributed by atoms with Crippen LogP contribution in [0.4, 0.5) is 0 Å². The molecule has 0 atom stereocenters. The molecule has 1 fully saturated rings. The second kappa shape index (κ2) is 3.88. The molecule has 2 nitrogen and oxygen atoms in total. The van der Waals surface area contributed by atoms with E-state index >= 15 is 0 Å². The molecule has 0 spiro atoms. The Kier molecular flexibility index (Phi) is 3.85. The summed E-state index contributed by atoms with van der Waals surface area (Å²) in [6.45, 7) is 0.949. The molecule has 1 saturated heterocycles. The van der Waals surface area contributed by atoms with Gasteiger partial charge >= 0.3 is 0 Å². The van der Waals surface area contributed by atoms with E-state index in [1.165, 1.54) is 0 Å². The van der Waals surface area contributed by atoms with Gasteiger partial charge in [-0.1, -0.05) is 0 Å². The summed E-state index contributed by atoms with van der Waals surface area (Å²) in [5.41, 5.74) is 0.736. The van der Waals surface area contributed by atoms with Crippen molar-refractivity contribution >= 4 is 5.94 Å². The van der Waals surface area contributed by atoms with Gasteiger partial charge in [0.25, 0.3) is 0 Å². The smallest absolute Gasteiger partial charge is 0.145 e. The zero-order valence-corrected chi connectivity index (χ0v) is 7.37. The summed E-state index contributed by atoms with van der Waals surface area (Å²) >= 11 is 0. The van der Waals surface area contributed by atoms with Gasteiger partial charge in [0.05, 0.1) is 5.70 Å². The van der Waals surface area contributed by atoms with Gasteiger partial charge in [-0.15, -0.1) is 0 Å². The average Bonchev–Trinajstić information content (AvgIpc) is 2.14. The first-order valence-corrected chi connectivity index (χ1v) is 2.41. The summed E-state index contributed by atoms with van der Waals surface area (Å²) in [6, 6.07) is 0. The van der Waals surface area contributed by atoms with Gasteiger partial charge < -0.3 is 5.32 Å². The van der Waals surface area contributed by atoms with Gasteiger partial charge in [0.1, 0.15) is 5.94 Å². The second-order valence-electron chi connectivity index (χ2n) is 1.61. The first-order chi connectivity index (χ1) is 3.43. The van der Waals surface area contributed by atoms with Crippen LogP contribution in [-0.4, -0.2) is 12.5 Å². The fraction of sp³-hybridized carbons (Fsp3) is 0.600. The third-order valence-corrected chi connectivity index (χ3v) is 1.07. The van der Waals surface area contributed by atoms with E-state index in [4.69, 9.17) is 0 Å². The summed E-state index contributed by atoms with van der Waals surface area (Å²) in [7, 11) is 0. The Morgan fingerprint density at radius 1 is 1.62 bits per heavy atom. The summed E-state index contributed by atoms with van der Waals surface area (Å²) < 4.78 is 0. The summed E-state index contributed by atoms with van der Waals surface area (Å²) in [4.78, 5) is 9.78. The number of rotatable bonds is 0. The third kappa shape index (κ3) is 1.81. The Labute approximate surface area is 62.6 Å². The SMILES string of the molecule is O=C=C1CCCN1.[W]. The molecule has 0 unspecified atom stereocenters. The molecule has 0 bridgehead atoms. The molecule has 1 aliphatic heterocycles. The van der Waals surface area contributed by atoms with Gasteiger partial charge in [0.15, 0.2) is 0 Å².